The van der Waals surface area contributed by atoms with E-state index in [9.17, 15) is 19.7 Å². The molecule has 0 fully saturated rings. The summed E-state index contributed by atoms with van der Waals surface area (Å²) in [5, 5.41) is 18.4. The Morgan fingerprint density at radius 2 is 1.74 bits per heavy atom. The number of hydrogen-bond donors (Lipinski definition) is 1. The average Bonchev–Trinajstić information content (AvgIpc) is 3.17. The Kier molecular flexibility index (Phi) is 6.85. The fourth-order valence-corrected chi connectivity index (χ4v) is 3.48. The number of aryl methyl sites for hydroxylation is 2. The summed E-state index contributed by atoms with van der Waals surface area (Å²) in [5.74, 6) is -0.287. The number of nitrogens with zero attached hydrogens (tertiary/aromatic N) is 4. The molecule has 0 spiro atoms. The molecule has 0 radical (unpaired) electrons. The van der Waals surface area contributed by atoms with E-state index < -0.39 is 10.8 Å². The van der Waals surface area contributed by atoms with Crippen molar-refractivity contribution in [3.63, 3.8) is 0 Å². The maximum absolute atomic E-state index is 12.8. The maximum atomic E-state index is 12.8. The van der Waals surface area contributed by atoms with Crippen LogP contribution >= 0.6 is 0 Å². The van der Waals surface area contributed by atoms with E-state index in [-0.39, 0.29) is 29.1 Å². The Balaban J connectivity index is 1.81. The maximum Gasteiger partial charge on any atom is 0.269 e. The first-order valence-corrected chi connectivity index (χ1v) is 10.8. The zero-order valence-electron chi connectivity index (χ0n) is 20.2. The third kappa shape index (κ3) is 5.48. The SMILES string of the molecule is Cc1ccc(-n2nc(C(C)(C)C)cc2NC(=O)CN(C)C(=O)c2ccc([N+](=O)[O-])cc2)c(C)c1. The van der Waals surface area contributed by atoms with E-state index in [1.54, 1.807) is 4.68 Å². The summed E-state index contributed by atoms with van der Waals surface area (Å²) >= 11 is 0. The molecule has 3 rings (SSSR count). The van der Waals surface area contributed by atoms with Gasteiger partial charge in [0.15, 0.2) is 0 Å². The monoisotopic (exact) mass is 463 g/mol. The van der Waals surface area contributed by atoms with E-state index in [2.05, 4.69) is 11.4 Å². The van der Waals surface area contributed by atoms with Crippen molar-refractivity contribution in [1.82, 2.24) is 14.7 Å². The molecule has 9 heteroatoms. The molecule has 0 aliphatic rings. The highest BCUT2D eigenvalue weighted by Crippen LogP contribution is 2.27. The molecule has 0 saturated carbocycles. The molecule has 0 aliphatic carbocycles. The van der Waals surface area contributed by atoms with Crippen LogP contribution in [0.5, 0.6) is 0 Å². The first-order chi connectivity index (χ1) is 15.9. The number of benzene rings is 2. The highest BCUT2D eigenvalue weighted by molar-refractivity contribution is 5.99. The van der Waals surface area contributed by atoms with E-state index >= 15 is 0 Å². The Labute approximate surface area is 198 Å². The lowest BCUT2D eigenvalue weighted by molar-refractivity contribution is -0.384. The highest BCUT2D eigenvalue weighted by atomic mass is 16.6. The summed E-state index contributed by atoms with van der Waals surface area (Å²) in [4.78, 5) is 37.1. The summed E-state index contributed by atoms with van der Waals surface area (Å²) in [6.45, 7) is 9.94. The third-order valence-electron chi connectivity index (χ3n) is 5.38. The molecule has 1 heterocycles. The van der Waals surface area contributed by atoms with E-state index in [1.807, 2.05) is 52.8 Å². The van der Waals surface area contributed by atoms with Gasteiger partial charge in [0.05, 0.1) is 22.8 Å². The van der Waals surface area contributed by atoms with Crippen LogP contribution in [0.1, 0.15) is 48.0 Å². The van der Waals surface area contributed by atoms with Gasteiger partial charge in [-0.05, 0) is 37.6 Å². The van der Waals surface area contributed by atoms with Crippen molar-refractivity contribution >= 4 is 23.3 Å². The van der Waals surface area contributed by atoms with Crippen LogP contribution in [0.15, 0.2) is 48.5 Å². The molecule has 2 aromatic carbocycles. The van der Waals surface area contributed by atoms with E-state index in [0.29, 0.717) is 5.82 Å². The van der Waals surface area contributed by atoms with Crippen molar-refractivity contribution < 1.29 is 14.5 Å². The Morgan fingerprint density at radius 3 is 2.29 bits per heavy atom. The second kappa shape index (κ2) is 9.46. The second-order valence-corrected chi connectivity index (χ2v) is 9.38. The first kappa shape index (κ1) is 24.6. The summed E-state index contributed by atoms with van der Waals surface area (Å²) in [6.07, 6.45) is 0. The lowest BCUT2D eigenvalue weighted by Crippen LogP contribution is -2.35. The molecule has 0 bridgehead atoms. The van der Waals surface area contributed by atoms with E-state index in [0.717, 1.165) is 22.5 Å². The normalized spacial score (nSPS) is 11.2. The van der Waals surface area contributed by atoms with Gasteiger partial charge in [-0.2, -0.15) is 5.10 Å². The topological polar surface area (TPSA) is 110 Å². The number of nitrogens with one attached hydrogen (secondary N) is 1. The first-order valence-electron chi connectivity index (χ1n) is 10.8. The van der Waals surface area contributed by atoms with Crippen LogP contribution in [-0.4, -0.2) is 45.0 Å². The fraction of sp³-hybridized carbons (Fsp3) is 0.320. The molecular formula is C25H29N5O4. The number of nitro groups is 1. The van der Waals surface area contributed by atoms with Crippen LogP contribution in [0.4, 0.5) is 11.5 Å². The number of non-ortho nitro benzene ring substituents is 1. The van der Waals surface area contributed by atoms with Crippen LogP contribution < -0.4 is 5.32 Å². The highest BCUT2D eigenvalue weighted by Gasteiger charge is 2.23. The molecule has 1 N–H and O–H groups in total. The van der Waals surface area contributed by atoms with Gasteiger partial charge in [0.25, 0.3) is 11.6 Å². The number of amides is 2. The number of rotatable bonds is 6. The molecule has 2 amide bonds. The molecule has 9 nitrogen and oxygen atoms in total. The van der Waals surface area contributed by atoms with Crippen molar-refractivity contribution in [2.24, 2.45) is 0 Å². The third-order valence-corrected chi connectivity index (χ3v) is 5.38. The van der Waals surface area contributed by atoms with Crippen LogP contribution in [0, 0.1) is 24.0 Å². The number of nitro benzene ring substituents is 1. The van der Waals surface area contributed by atoms with Gasteiger partial charge < -0.3 is 10.2 Å². The lowest BCUT2D eigenvalue weighted by Gasteiger charge is -2.17. The summed E-state index contributed by atoms with van der Waals surface area (Å²) in [6, 6.07) is 13.1. The number of aromatic nitrogens is 2. The molecule has 178 valence electrons. The Bertz CT molecular complexity index is 1240. The summed E-state index contributed by atoms with van der Waals surface area (Å²) in [7, 11) is 1.51. The molecule has 0 unspecified atom stereocenters. The zero-order valence-corrected chi connectivity index (χ0v) is 20.2. The number of hydrogen-bond acceptors (Lipinski definition) is 5. The Hall–Kier alpha value is -4.01. The zero-order chi connectivity index (χ0) is 25.2. The molecule has 3 aromatic rings. The fourth-order valence-electron chi connectivity index (χ4n) is 3.48. The van der Waals surface area contributed by atoms with Crippen molar-refractivity contribution in [2.45, 2.75) is 40.0 Å². The van der Waals surface area contributed by atoms with Crippen molar-refractivity contribution in [3.8, 4) is 5.69 Å². The predicted molar refractivity (Wildman–Crippen MR) is 130 cm³/mol. The number of carbonyl (C=O) groups is 2. The largest absolute Gasteiger partial charge is 0.332 e. The van der Waals surface area contributed by atoms with Crippen molar-refractivity contribution in [2.75, 3.05) is 18.9 Å². The van der Waals surface area contributed by atoms with Gasteiger partial charge in [-0.25, -0.2) is 4.68 Å². The van der Waals surface area contributed by atoms with Gasteiger partial charge in [0.2, 0.25) is 5.91 Å². The minimum atomic E-state index is -0.532. The second-order valence-electron chi connectivity index (χ2n) is 9.38. The van der Waals surface area contributed by atoms with Crippen LogP contribution in [-0.2, 0) is 10.2 Å². The summed E-state index contributed by atoms with van der Waals surface area (Å²) in [5.41, 5.74) is 3.74. The average molecular weight is 464 g/mol. The quantitative estimate of drug-likeness (QED) is 0.430. The van der Waals surface area contributed by atoms with Crippen molar-refractivity contribution in [1.29, 1.82) is 0 Å². The minimum Gasteiger partial charge on any atom is -0.332 e. The number of carbonyl (C=O) groups excluding carboxylic acids is 2. The number of anilines is 1. The molecule has 0 atom stereocenters. The van der Waals surface area contributed by atoms with Crippen LogP contribution in [0.3, 0.4) is 0 Å². The van der Waals surface area contributed by atoms with Gasteiger partial charge in [-0.15, -0.1) is 0 Å². The smallest absolute Gasteiger partial charge is 0.269 e. The van der Waals surface area contributed by atoms with Gasteiger partial charge in [0.1, 0.15) is 5.82 Å². The summed E-state index contributed by atoms with van der Waals surface area (Å²) < 4.78 is 1.71. The Morgan fingerprint density at radius 1 is 1.09 bits per heavy atom. The van der Waals surface area contributed by atoms with E-state index in [4.69, 9.17) is 5.10 Å². The lowest BCUT2D eigenvalue weighted by atomic mass is 9.92. The van der Waals surface area contributed by atoms with Crippen LogP contribution in [0.2, 0.25) is 0 Å². The van der Waals surface area contributed by atoms with Gasteiger partial charge >= 0.3 is 0 Å². The van der Waals surface area contributed by atoms with Gasteiger partial charge in [-0.3, -0.25) is 19.7 Å². The molecular weight excluding hydrogens is 434 g/mol. The predicted octanol–water partition coefficient (Wildman–Crippen LogP) is 4.41. The molecule has 0 saturated heterocycles. The van der Waals surface area contributed by atoms with Crippen LogP contribution in [0.25, 0.3) is 5.69 Å². The molecule has 34 heavy (non-hydrogen) atoms. The van der Waals surface area contributed by atoms with E-state index in [1.165, 1.54) is 36.2 Å². The standard InChI is InChI=1S/C25H29N5O4/c1-16-7-12-20(17(2)13-16)29-22(14-21(27-29)25(3,4)5)26-23(31)15-28(6)24(32)18-8-10-19(11-9-18)30(33)34/h7-14H,15H2,1-6H3,(H,26,31). The minimum absolute atomic E-state index is 0.105. The number of likely N-dealkylation sites (N-methyl/N-ethyl adjacent to an activating group) is 1. The van der Waals surface area contributed by atoms with Crippen molar-refractivity contribution in [3.05, 3.63) is 81.0 Å². The molecule has 1 aromatic heterocycles. The molecule has 0 aliphatic heterocycles. The van der Waals surface area contributed by atoms with Gasteiger partial charge in [-0.1, -0.05) is 38.5 Å². The van der Waals surface area contributed by atoms with Gasteiger partial charge in [0, 0.05) is 36.2 Å².